The standard InChI is InChI=1S/C20H36O/c1-7-19(5,21)14-11-16-15(2)9-10-17-18(3,4)12-8-13-20(16,17)6/h7,15-17,21H,1,8-14H2,2-6H3/t15-,16?,17?,19+,20-/m1/s1. The highest BCUT2D eigenvalue weighted by Gasteiger charge is 2.53. The lowest BCUT2D eigenvalue weighted by Crippen LogP contribution is -2.51. The van der Waals surface area contributed by atoms with Crippen molar-refractivity contribution in [2.45, 2.75) is 85.2 Å². The van der Waals surface area contributed by atoms with Gasteiger partial charge in [-0.05, 0) is 67.6 Å². The van der Waals surface area contributed by atoms with E-state index < -0.39 is 5.60 Å². The molecule has 2 rings (SSSR count). The lowest BCUT2D eigenvalue weighted by Gasteiger charge is -2.59. The molecule has 0 spiro atoms. The van der Waals surface area contributed by atoms with Gasteiger partial charge in [0, 0.05) is 0 Å². The molecule has 0 aromatic rings. The summed E-state index contributed by atoms with van der Waals surface area (Å²) in [6.45, 7) is 15.7. The van der Waals surface area contributed by atoms with Crippen molar-refractivity contribution in [3.63, 3.8) is 0 Å². The van der Waals surface area contributed by atoms with Crippen LogP contribution in [-0.4, -0.2) is 10.7 Å². The van der Waals surface area contributed by atoms with Gasteiger partial charge in [0.2, 0.25) is 0 Å². The minimum absolute atomic E-state index is 0.469. The molecule has 0 saturated heterocycles. The van der Waals surface area contributed by atoms with E-state index in [9.17, 15) is 5.11 Å². The van der Waals surface area contributed by atoms with Gasteiger partial charge in [0.15, 0.2) is 0 Å². The SMILES string of the molecule is C=C[C@](C)(O)CCC1[C@H](C)CCC2C(C)(C)CCC[C@]12C. The Morgan fingerprint density at radius 3 is 2.52 bits per heavy atom. The average molecular weight is 293 g/mol. The number of aliphatic hydroxyl groups is 1. The number of rotatable bonds is 4. The fourth-order valence-corrected chi connectivity index (χ4v) is 5.78. The summed E-state index contributed by atoms with van der Waals surface area (Å²) >= 11 is 0. The Morgan fingerprint density at radius 1 is 1.24 bits per heavy atom. The van der Waals surface area contributed by atoms with Crippen molar-refractivity contribution >= 4 is 0 Å². The maximum absolute atomic E-state index is 10.3. The predicted octanol–water partition coefficient (Wildman–Crippen LogP) is 5.58. The first kappa shape index (κ1) is 17.1. The van der Waals surface area contributed by atoms with Gasteiger partial charge in [0.05, 0.1) is 5.60 Å². The zero-order valence-electron chi connectivity index (χ0n) is 14.9. The van der Waals surface area contributed by atoms with Crippen LogP contribution in [0.15, 0.2) is 12.7 Å². The van der Waals surface area contributed by atoms with Gasteiger partial charge in [-0.3, -0.25) is 0 Å². The summed E-state index contributed by atoms with van der Waals surface area (Å²) in [6.07, 6.45) is 10.6. The fraction of sp³-hybridized carbons (Fsp3) is 0.900. The Morgan fingerprint density at radius 2 is 1.90 bits per heavy atom. The van der Waals surface area contributed by atoms with Gasteiger partial charge in [-0.15, -0.1) is 6.58 Å². The Balaban J connectivity index is 2.19. The third-order valence-electron chi connectivity index (χ3n) is 7.12. The minimum Gasteiger partial charge on any atom is -0.386 e. The van der Waals surface area contributed by atoms with E-state index in [-0.39, 0.29) is 0 Å². The second-order valence-corrected chi connectivity index (χ2v) is 9.16. The van der Waals surface area contributed by atoms with Crippen LogP contribution in [-0.2, 0) is 0 Å². The second-order valence-electron chi connectivity index (χ2n) is 9.16. The van der Waals surface area contributed by atoms with Crippen LogP contribution in [0.5, 0.6) is 0 Å². The summed E-state index contributed by atoms with van der Waals surface area (Å²) in [5, 5.41) is 10.3. The zero-order valence-corrected chi connectivity index (χ0v) is 14.9. The van der Waals surface area contributed by atoms with Crippen molar-refractivity contribution in [2.75, 3.05) is 0 Å². The topological polar surface area (TPSA) is 20.2 Å². The lowest BCUT2D eigenvalue weighted by atomic mass is 9.46. The Labute approximate surface area is 132 Å². The Hall–Kier alpha value is -0.300. The Kier molecular flexibility index (Phi) is 4.65. The first-order valence-electron chi connectivity index (χ1n) is 8.98. The second kappa shape index (κ2) is 5.72. The van der Waals surface area contributed by atoms with Gasteiger partial charge in [0.1, 0.15) is 0 Å². The van der Waals surface area contributed by atoms with Crippen LogP contribution in [0.25, 0.3) is 0 Å². The molecular weight excluding hydrogens is 256 g/mol. The number of fused-ring (bicyclic) bond motifs is 1. The van der Waals surface area contributed by atoms with Crippen molar-refractivity contribution in [1.29, 1.82) is 0 Å². The molecule has 2 unspecified atom stereocenters. The summed E-state index contributed by atoms with van der Waals surface area (Å²) in [6, 6.07) is 0. The predicted molar refractivity (Wildman–Crippen MR) is 91.2 cm³/mol. The summed E-state index contributed by atoms with van der Waals surface area (Å²) < 4.78 is 0. The summed E-state index contributed by atoms with van der Waals surface area (Å²) in [5.41, 5.74) is 0.260. The fourth-order valence-electron chi connectivity index (χ4n) is 5.78. The molecule has 0 aromatic carbocycles. The maximum atomic E-state index is 10.3. The molecule has 1 N–H and O–H groups in total. The number of hydrogen-bond acceptors (Lipinski definition) is 1. The summed E-state index contributed by atoms with van der Waals surface area (Å²) in [5.74, 6) is 2.40. The van der Waals surface area contributed by atoms with Crippen LogP contribution in [0.3, 0.4) is 0 Å². The molecule has 0 aromatic heterocycles. The third kappa shape index (κ3) is 3.23. The highest BCUT2D eigenvalue weighted by Crippen LogP contribution is 2.62. The summed E-state index contributed by atoms with van der Waals surface area (Å²) in [4.78, 5) is 0. The van der Waals surface area contributed by atoms with Gasteiger partial charge in [-0.1, -0.05) is 46.6 Å². The van der Waals surface area contributed by atoms with Crippen LogP contribution < -0.4 is 0 Å². The van der Waals surface area contributed by atoms with Crippen LogP contribution in [0.4, 0.5) is 0 Å². The van der Waals surface area contributed by atoms with Crippen LogP contribution >= 0.6 is 0 Å². The monoisotopic (exact) mass is 292 g/mol. The molecule has 2 aliphatic carbocycles. The zero-order chi connectivity index (χ0) is 15.9. The van der Waals surface area contributed by atoms with Crippen molar-refractivity contribution in [3.8, 4) is 0 Å². The first-order chi connectivity index (χ1) is 9.62. The van der Waals surface area contributed by atoms with Crippen molar-refractivity contribution in [3.05, 3.63) is 12.7 Å². The average Bonchev–Trinajstić information content (AvgIpc) is 2.36. The lowest BCUT2D eigenvalue weighted by molar-refractivity contribution is -0.0999. The van der Waals surface area contributed by atoms with E-state index in [1.165, 1.54) is 32.1 Å². The molecular formula is C20H36O. The van der Waals surface area contributed by atoms with Crippen LogP contribution in [0.2, 0.25) is 0 Å². The quantitative estimate of drug-likeness (QED) is 0.670. The van der Waals surface area contributed by atoms with Gasteiger partial charge < -0.3 is 5.11 Å². The van der Waals surface area contributed by atoms with Gasteiger partial charge >= 0.3 is 0 Å². The van der Waals surface area contributed by atoms with Gasteiger partial charge in [-0.2, -0.15) is 0 Å². The van der Waals surface area contributed by atoms with Gasteiger partial charge in [0.25, 0.3) is 0 Å². The summed E-state index contributed by atoms with van der Waals surface area (Å²) in [7, 11) is 0. The van der Waals surface area contributed by atoms with Crippen molar-refractivity contribution in [2.24, 2.45) is 28.6 Å². The molecule has 0 amide bonds. The smallest absolute Gasteiger partial charge is 0.0797 e. The van der Waals surface area contributed by atoms with E-state index in [1.54, 1.807) is 6.08 Å². The van der Waals surface area contributed by atoms with Gasteiger partial charge in [-0.25, -0.2) is 0 Å². The maximum Gasteiger partial charge on any atom is 0.0797 e. The third-order valence-corrected chi connectivity index (χ3v) is 7.12. The first-order valence-corrected chi connectivity index (χ1v) is 8.98. The van der Waals surface area contributed by atoms with E-state index in [0.717, 1.165) is 30.6 Å². The van der Waals surface area contributed by atoms with Crippen molar-refractivity contribution in [1.82, 2.24) is 0 Å². The minimum atomic E-state index is -0.701. The highest BCUT2D eigenvalue weighted by molar-refractivity contribution is 5.03. The molecule has 5 atom stereocenters. The molecule has 122 valence electrons. The molecule has 0 bridgehead atoms. The largest absolute Gasteiger partial charge is 0.386 e. The molecule has 0 aliphatic heterocycles. The number of hydrogen-bond donors (Lipinski definition) is 1. The van der Waals surface area contributed by atoms with E-state index in [2.05, 4.69) is 34.3 Å². The molecule has 21 heavy (non-hydrogen) atoms. The van der Waals surface area contributed by atoms with E-state index >= 15 is 0 Å². The molecule has 1 nitrogen and oxygen atoms in total. The molecule has 1 heteroatoms. The molecule has 2 fully saturated rings. The van der Waals surface area contributed by atoms with Crippen LogP contribution in [0.1, 0.15) is 79.6 Å². The van der Waals surface area contributed by atoms with E-state index in [4.69, 9.17) is 0 Å². The molecule has 2 saturated carbocycles. The van der Waals surface area contributed by atoms with Crippen molar-refractivity contribution < 1.29 is 5.11 Å². The van der Waals surface area contributed by atoms with Crippen LogP contribution in [0, 0.1) is 28.6 Å². The Bertz CT molecular complexity index is 381. The molecule has 0 heterocycles. The highest BCUT2D eigenvalue weighted by atomic mass is 16.3. The molecule has 2 aliphatic rings. The molecule has 0 radical (unpaired) electrons. The van der Waals surface area contributed by atoms with E-state index in [0.29, 0.717) is 10.8 Å². The normalized spacial score (nSPS) is 41.9. The van der Waals surface area contributed by atoms with E-state index in [1.807, 2.05) is 6.92 Å².